The Morgan fingerprint density at radius 2 is 1.65 bits per heavy atom. The average molecular weight is 406 g/mol. The number of methoxy groups -OCH3 is 1. The monoisotopic (exact) mass is 404 g/mol. The molecule has 106 valence electrons. The van der Waals surface area contributed by atoms with E-state index in [1.54, 1.807) is 7.11 Å². The van der Waals surface area contributed by atoms with Crippen LogP contribution in [0.5, 0.6) is 5.75 Å². The van der Waals surface area contributed by atoms with Crippen LogP contribution in [0.2, 0.25) is 0 Å². The molecule has 2 aromatic rings. The Balaban J connectivity index is 2.52. The maximum Gasteiger partial charge on any atom is 0.126 e. The first-order valence-corrected chi connectivity index (χ1v) is 7.57. The van der Waals surface area contributed by atoms with Crippen LogP contribution < -0.4 is 4.74 Å². The van der Waals surface area contributed by atoms with E-state index in [4.69, 9.17) is 4.74 Å². The van der Waals surface area contributed by atoms with Gasteiger partial charge in [-0.3, -0.25) is 0 Å². The van der Waals surface area contributed by atoms with E-state index in [1.165, 1.54) is 12.1 Å². The SMILES string of the molecule is COc1cc(C)c(Br)cc1C(Br)c1cc(F)cc(F)c1. The number of aryl methyl sites for hydroxylation is 1. The Morgan fingerprint density at radius 3 is 2.20 bits per heavy atom. The molecule has 0 aliphatic rings. The number of hydrogen-bond donors (Lipinski definition) is 0. The summed E-state index contributed by atoms with van der Waals surface area (Å²) in [4.78, 5) is -0.362. The van der Waals surface area contributed by atoms with E-state index in [0.717, 1.165) is 21.7 Å². The van der Waals surface area contributed by atoms with Gasteiger partial charge in [0, 0.05) is 16.1 Å². The summed E-state index contributed by atoms with van der Waals surface area (Å²) in [5.74, 6) is -0.540. The van der Waals surface area contributed by atoms with Crippen LogP contribution in [-0.2, 0) is 0 Å². The molecule has 20 heavy (non-hydrogen) atoms. The molecule has 0 N–H and O–H groups in total. The van der Waals surface area contributed by atoms with Crippen LogP contribution in [0.15, 0.2) is 34.8 Å². The third kappa shape index (κ3) is 3.20. The van der Waals surface area contributed by atoms with Crippen molar-refractivity contribution in [1.29, 1.82) is 0 Å². The number of benzene rings is 2. The molecule has 0 saturated carbocycles. The van der Waals surface area contributed by atoms with Crippen molar-refractivity contribution in [2.75, 3.05) is 7.11 Å². The van der Waals surface area contributed by atoms with Gasteiger partial charge in [-0.15, -0.1) is 0 Å². The summed E-state index contributed by atoms with van der Waals surface area (Å²) in [5, 5.41) is 0. The lowest BCUT2D eigenvalue weighted by Crippen LogP contribution is -1.99. The lowest BCUT2D eigenvalue weighted by Gasteiger charge is -2.16. The van der Waals surface area contributed by atoms with Gasteiger partial charge < -0.3 is 4.74 Å². The molecular formula is C15H12Br2F2O. The van der Waals surface area contributed by atoms with Gasteiger partial charge in [-0.1, -0.05) is 31.9 Å². The molecule has 0 amide bonds. The summed E-state index contributed by atoms with van der Waals surface area (Å²) >= 11 is 6.93. The second kappa shape index (κ2) is 6.22. The minimum absolute atomic E-state index is 0.362. The molecule has 0 radical (unpaired) electrons. The summed E-state index contributed by atoms with van der Waals surface area (Å²) in [5.41, 5.74) is 2.32. The van der Waals surface area contributed by atoms with E-state index in [0.29, 0.717) is 11.3 Å². The van der Waals surface area contributed by atoms with Crippen LogP contribution in [0, 0.1) is 18.6 Å². The number of halogens is 4. The lowest BCUT2D eigenvalue weighted by atomic mass is 10.0. The molecule has 0 saturated heterocycles. The third-order valence-corrected chi connectivity index (χ3v) is 4.84. The maximum atomic E-state index is 13.3. The van der Waals surface area contributed by atoms with Crippen molar-refractivity contribution >= 4 is 31.9 Å². The quantitative estimate of drug-likeness (QED) is 0.610. The van der Waals surface area contributed by atoms with Crippen molar-refractivity contribution in [3.05, 3.63) is 63.1 Å². The fourth-order valence-electron chi connectivity index (χ4n) is 1.95. The van der Waals surface area contributed by atoms with Gasteiger partial charge in [0.1, 0.15) is 17.4 Å². The Kier molecular flexibility index (Phi) is 4.81. The molecule has 5 heteroatoms. The molecule has 0 fully saturated rings. The Morgan fingerprint density at radius 1 is 1.05 bits per heavy atom. The highest BCUT2D eigenvalue weighted by Crippen LogP contribution is 2.39. The highest BCUT2D eigenvalue weighted by atomic mass is 79.9. The van der Waals surface area contributed by atoms with Gasteiger partial charge in [0.2, 0.25) is 0 Å². The van der Waals surface area contributed by atoms with Gasteiger partial charge in [0.15, 0.2) is 0 Å². The zero-order valence-corrected chi connectivity index (χ0v) is 14.1. The lowest BCUT2D eigenvalue weighted by molar-refractivity contribution is 0.410. The van der Waals surface area contributed by atoms with Crippen molar-refractivity contribution < 1.29 is 13.5 Å². The summed E-state index contributed by atoms with van der Waals surface area (Å²) in [6.45, 7) is 1.95. The van der Waals surface area contributed by atoms with Crippen LogP contribution in [-0.4, -0.2) is 7.11 Å². The van der Waals surface area contributed by atoms with E-state index in [9.17, 15) is 8.78 Å². The van der Waals surface area contributed by atoms with E-state index in [2.05, 4.69) is 31.9 Å². The maximum absolute atomic E-state index is 13.3. The topological polar surface area (TPSA) is 9.23 Å². The van der Waals surface area contributed by atoms with E-state index in [-0.39, 0.29) is 4.83 Å². The fourth-order valence-corrected chi connectivity index (χ4v) is 2.93. The largest absolute Gasteiger partial charge is 0.496 e. The van der Waals surface area contributed by atoms with Crippen molar-refractivity contribution in [3.8, 4) is 5.75 Å². The van der Waals surface area contributed by atoms with Gasteiger partial charge in [-0.25, -0.2) is 8.78 Å². The molecule has 0 aliphatic carbocycles. The summed E-state index contributed by atoms with van der Waals surface area (Å²) in [6, 6.07) is 7.22. The van der Waals surface area contributed by atoms with Gasteiger partial charge >= 0.3 is 0 Å². The van der Waals surface area contributed by atoms with Gasteiger partial charge in [-0.05, 0) is 42.3 Å². The molecule has 1 unspecified atom stereocenters. The first kappa shape index (κ1) is 15.4. The summed E-state index contributed by atoms with van der Waals surface area (Å²) < 4.78 is 32.9. The molecular weight excluding hydrogens is 394 g/mol. The highest BCUT2D eigenvalue weighted by Gasteiger charge is 2.18. The molecule has 0 aromatic heterocycles. The third-order valence-electron chi connectivity index (χ3n) is 2.96. The second-order valence-corrected chi connectivity index (χ2v) is 6.18. The standard InChI is InChI=1S/C15H12Br2F2O/c1-8-3-14(20-2)12(7-13(8)16)15(17)9-4-10(18)6-11(19)5-9/h3-7,15H,1-2H3. The molecule has 0 bridgehead atoms. The Bertz CT molecular complexity index is 624. The predicted molar refractivity (Wildman–Crippen MR) is 82.6 cm³/mol. The van der Waals surface area contributed by atoms with Crippen molar-refractivity contribution in [2.45, 2.75) is 11.8 Å². The molecule has 2 aromatic carbocycles. The van der Waals surface area contributed by atoms with Crippen LogP contribution in [0.25, 0.3) is 0 Å². The summed E-state index contributed by atoms with van der Waals surface area (Å²) in [6.07, 6.45) is 0. The van der Waals surface area contributed by atoms with Gasteiger partial charge in [0.25, 0.3) is 0 Å². The zero-order chi connectivity index (χ0) is 14.9. The van der Waals surface area contributed by atoms with Crippen molar-refractivity contribution in [3.63, 3.8) is 0 Å². The number of alkyl halides is 1. The van der Waals surface area contributed by atoms with Crippen molar-refractivity contribution in [1.82, 2.24) is 0 Å². The van der Waals surface area contributed by atoms with Crippen LogP contribution in [0.1, 0.15) is 21.5 Å². The first-order valence-electron chi connectivity index (χ1n) is 5.86. The van der Waals surface area contributed by atoms with Crippen LogP contribution in [0.4, 0.5) is 8.78 Å². The minimum Gasteiger partial charge on any atom is -0.496 e. The van der Waals surface area contributed by atoms with Crippen LogP contribution in [0.3, 0.4) is 0 Å². The summed E-state index contributed by atoms with van der Waals surface area (Å²) in [7, 11) is 1.57. The normalized spacial score (nSPS) is 12.3. The van der Waals surface area contributed by atoms with Gasteiger partial charge in [-0.2, -0.15) is 0 Å². The fraction of sp³-hybridized carbons (Fsp3) is 0.200. The molecule has 0 aliphatic heterocycles. The minimum atomic E-state index is -0.602. The molecule has 1 nitrogen and oxygen atoms in total. The molecule has 0 heterocycles. The Hall–Kier alpha value is -0.940. The highest BCUT2D eigenvalue weighted by molar-refractivity contribution is 9.10. The van der Waals surface area contributed by atoms with E-state index >= 15 is 0 Å². The van der Waals surface area contributed by atoms with E-state index in [1.807, 2.05) is 19.1 Å². The average Bonchev–Trinajstić information content (AvgIpc) is 2.39. The first-order chi connectivity index (χ1) is 9.42. The molecule has 0 spiro atoms. The zero-order valence-electron chi connectivity index (χ0n) is 10.9. The Labute approximate surface area is 133 Å². The predicted octanol–water partition coefficient (Wildman–Crippen LogP) is 5.53. The van der Waals surface area contributed by atoms with Crippen molar-refractivity contribution in [2.24, 2.45) is 0 Å². The number of rotatable bonds is 3. The van der Waals surface area contributed by atoms with E-state index < -0.39 is 11.6 Å². The number of ether oxygens (including phenoxy) is 1. The van der Waals surface area contributed by atoms with Gasteiger partial charge in [0.05, 0.1) is 11.9 Å². The number of hydrogen-bond acceptors (Lipinski definition) is 1. The second-order valence-electron chi connectivity index (χ2n) is 4.41. The molecule has 2 rings (SSSR count). The molecule has 1 atom stereocenters. The smallest absolute Gasteiger partial charge is 0.126 e. The van der Waals surface area contributed by atoms with Crippen LogP contribution >= 0.6 is 31.9 Å².